The van der Waals surface area contributed by atoms with Gasteiger partial charge in [0.15, 0.2) is 0 Å². The van der Waals surface area contributed by atoms with Crippen LogP contribution in [0.15, 0.2) is 0 Å². The SMILES string of the molecule is C[C@H]1CC(=O)C[C@@H](C(=O)O)C1. The molecule has 0 aromatic heterocycles. The van der Waals surface area contributed by atoms with Gasteiger partial charge in [0.05, 0.1) is 5.92 Å². The van der Waals surface area contributed by atoms with Gasteiger partial charge in [-0.05, 0) is 12.3 Å². The van der Waals surface area contributed by atoms with Gasteiger partial charge in [0.2, 0.25) is 0 Å². The van der Waals surface area contributed by atoms with Gasteiger partial charge in [0.25, 0.3) is 0 Å². The Labute approximate surface area is 65.4 Å². The lowest BCUT2D eigenvalue weighted by atomic mass is 9.82. The van der Waals surface area contributed by atoms with E-state index in [9.17, 15) is 9.59 Å². The van der Waals surface area contributed by atoms with Crippen molar-refractivity contribution >= 4 is 11.8 Å². The molecule has 1 N–H and O–H groups in total. The Balaban J connectivity index is 2.56. The van der Waals surface area contributed by atoms with E-state index in [4.69, 9.17) is 5.11 Å². The summed E-state index contributed by atoms with van der Waals surface area (Å²) in [5.74, 6) is -0.912. The van der Waals surface area contributed by atoms with E-state index in [2.05, 4.69) is 0 Å². The highest BCUT2D eigenvalue weighted by Crippen LogP contribution is 2.26. The van der Waals surface area contributed by atoms with Gasteiger partial charge >= 0.3 is 5.97 Å². The third kappa shape index (κ3) is 2.03. The molecule has 0 saturated heterocycles. The predicted octanol–water partition coefficient (Wildman–Crippen LogP) is 1.08. The lowest BCUT2D eigenvalue weighted by molar-refractivity contribution is -0.146. The first-order valence-corrected chi connectivity index (χ1v) is 3.84. The first kappa shape index (κ1) is 8.24. The summed E-state index contributed by atoms with van der Waals surface area (Å²) in [4.78, 5) is 21.4. The number of Topliss-reactive ketones (excluding diaryl/α,β-unsaturated/α-hetero) is 1. The lowest BCUT2D eigenvalue weighted by Gasteiger charge is -2.22. The van der Waals surface area contributed by atoms with E-state index >= 15 is 0 Å². The maximum Gasteiger partial charge on any atom is 0.306 e. The number of carboxylic acids is 1. The van der Waals surface area contributed by atoms with E-state index in [1.54, 1.807) is 0 Å². The van der Waals surface area contributed by atoms with Crippen molar-refractivity contribution in [3.63, 3.8) is 0 Å². The number of hydrogen-bond acceptors (Lipinski definition) is 2. The molecule has 0 aliphatic heterocycles. The normalized spacial score (nSPS) is 31.9. The number of carbonyl (C=O) groups excluding carboxylic acids is 1. The van der Waals surface area contributed by atoms with Crippen LogP contribution in [0.5, 0.6) is 0 Å². The minimum absolute atomic E-state index is 0.0937. The van der Waals surface area contributed by atoms with Gasteiger partial charge in [-0.1, -0.05) is 6.92 Å². The molecule has 0 amide bonds. The molecule has 1 aliphatic carbocycles. The second kappa shape index (κ2) is 3.03. The summed E-state index contributed by atoms with van der Waals surface area (Å²) in [5.41, 5.74) is 0. The van der Waals surface area contributed by atoms with Gasteiger partial charge in [-0.15, -0.1) is 0 Å². The average Bonchev–Trinajstić information content (AvgIpc) is 1.85. The molecule has 1 saturated carbocycles. The van der Waals surface area contributed by atoms with Crippen LogP contribution in [0, 0.1) is 11.8 Å². The number of ketones is 1. The van der Waals surface area contributed by atoms with Crippen LogP contribution in [-0.2, 0) is 9.59 Å². The van der Waals surface area contributed by atoms with Gasteiger partial charge in [-0.25, -0.2) is 0 Å². The molecule has 2 atom stereocenters. The number of aliphatic carboxylic acids is 1. The van der Waals surface area contributed by atoms with Crippen molar-refractivity contribution in [1.82, 2.24) is 0 Å². The molecule has 1 aliphatic rings. The van der Waals surface area contributed by atoms with Crippen molar-refractivity contribution < 1.29 is 14.7 Å². The van der Waals surface area contributed by atoms with Crippen molar-refractivity contribution in [1.29, 1.82) is 0 Å². The van der Waals surface area contributed by atoms with E-state index in [0.717, 1.165) is 0 Å². The second-order valence-corrected chi connectivity index (χ2v) is 3.32. The fourth-order valence-electron chi connectivity index (χ4n) is 1.59. The Morgan fingerprint density at radius 3 is 2.64 bits per heavy atom. The van der Waals surface area contributed by atoms with Crippen LogP contribution in [0.3, 0.4) is 0 Å². The van der Waals surface area contributed by atoms with E-state index in [1.165, 1.54) is 0 Å². The number of rotatable bonds is 1. The molecule has 0 aromatic rings. The standard InChI is InChI=1S/C8H12O3/c1-5-2-6(8(10)11)4-7(9)3-5/h5-6H,2-4H2,1H3,(H,10,11)/t5-,6+/m1/s1. The minimum atomic E-state index is -0.829. The molecular weight excluding hydrogens is 144 g/mol. The Morgan fingerprint density at radius 1 is 1.55 bits per heavy atom. The summed E-state index contributed by atoms with van der Waals surface area (Å²) in [5, 5.41) is 8.62. The third-order valence-corrected chi connectivity index (χ3v) is 2.09. The Hall–Kier alpha value is -0.860. The number of carboxylic acid groups (broad SMARTS) is 1. The largest absolute Gasteiger partial charge is 0.481 e. The summed E-state index contributed by atoms with van der Waals surface area (Å²) in [6.45, 7) is 1.92. The maximum atomic E-state index is 10.9. The first-order chi connectivity index (χ1) is 5.09. The van der Waals surface area contributed by atoms with Gasteiger partial charge in [-0.3, -0.25) is 9.59 Å². The fourth-order valence-corrected chi connectivity index (χ4v) is 1.59. The third-order valence-electron chi connectivity index (χ3n) is 2.09. The zero-order valence-corrected chi connectivity index (χ0v) is 6.54. The molecular formula is C8H12O3. The zero-order chi connectivity index (χ0) is 8.43. The fraction of sp³-hybridized carbons (Fsp3) is 0.750. The highest BCUT2D eigenvalue weighted by atomic mass is 16.4. The number of hydrogen-bond donors (Lipinski definition) is 1. The average molecular weight is 156 g/mol. The molecule has 3 nitrogen and oxygen atoms in total. The number of carbonyl (C=O) groups is 2. The highest BCUT2D eigenvalue weighted by molar-refractivity contribution is 5.85. The topological polar surface area (TPSA) is 54.4 Å². The molecule has 1 fully saturated rings. The Bertz CT molecular complexity index is 186. The van der Waals surface area contributed by atoms with E-state index in [0.29, 0.717) is 12.8 Å². The van der Waals surface area contributed by atoms with Crippen LogP contribution < -0.4 is 0 Å². The van der Waals surface area contributed by atoms with Crippen molar-refractivity contribution in [2.45, 2.75) is 26.2 Å². The summed E-state index contributed by atoms with van der Waals surface area (Å²) in [6, 6.07) is 0. The van der Waals surface area contributed by atoms with Gasteiger partial charge in [0, 0.05) is 12.8 Å². The van der Waals surface area contributed by atoms with E-state index < -0.39 is 11.9 Å². The van der Waals surface area contributed by atoms with Gasteiger partial charge in [-0.2, -0.15) is 0 Å². The monoisotopic (exact) mass is 156 g/mol. The van der Waals surface area contributed by atoms with Crippen molar-refractivity contribution in [3.8, 4) is 0 Å². The zero-order valence-electron chi connectivity index (χ0n) is 6.54. The van der Waals surface area contributed by atoms with Crippen molar-refractivity contribution in [3.05, 3.63) is 0 Å². The summed E-state index contributed by atoms with van der Waals surface area (Å²) in [6.07, 6.45) is 1.45. The molecule has 0 heterocycles. The van der Waals surface area contributed by atoms with Crippen LogP contribution in [0.25, 0.3) is 0 Å². The molecule has 3 heteroatoms. The Kier molecular flexibility index (Phi) is 2.27. The molecule has 62 valence electrons. The summed E-state index contributed by atoms with van der Waals surface area (Å²) >= 11 is 0. The van der Waals surface area contributed by atoms with Crippen LogP contribution in [0.4, 0.5) is 0 Å². The molecule has 1 rings (SSSR count). The molecule has 0 spiro atoms. The molecule has 0 aromatic carbocycles. The highest BCUT2D eigenvalue weighted by Gasteiger charge is 2.29. The van der Waals surface area contributed by atoms with Gasteiger partial charge in [0.1, 0.15) is 5.78 Å². The molecule has 11 heavy (non-hydrogen) atoms. The summed E-state index contributed by atoms with van der Waals surface area (Å²) in [7, 11) is 0. The maximum absolute atomic E-state index is 10.9. The van der Waals surface area contributed by atoms with E-state index in [-0.39, 0.29) is 18.1 Å². The molecule has 0 bridgehead atoms. The quantitative estimate of drug-likeness (QED) is 0.618. The Morgan fingerprint density at radius 2 is 2.18 bits per heavy atom. The summed E-state index contributed by atoms with van der Waals surface area (Å²) < 4.78 is 0. The van der Waals surface area contributed by atoms with Crippen molar-refractivity contribution in [2.24, 2.45) is 11.8 Å². The molecule has 0 radical (unpaired) electrons. The smallest absolute Gasteiger partial charge is 0.306 e. The lowest BCUT2D eigenvalue weighted by Crippen LogP contribution is -2.26. The first-order valence-electron chi connectivity index (χ1n) is 3.84. The molecule has 0 unspecified atom stereocenters. The van der Waals surface area contributed by atoms with Crippen LogP contribution in [-0.4, -0.2) is 16.9 Å². The van der Waals surface area contributed by atoms with Crippen LogP contribution >= 0.6 is 0 Å². The van der Waals surface area contributed by atoms with Gasteiger partial charge < -0.3 is 5.11 Å². The van der Waals surface area contributed by atoms with Crippen LogP contribution in [0.1, 0.15) is 26.2 Å². The minimum Gasteiger partial charge on any atom is -0.481 e. The van der Waals surface area contributed by atoms with E-state index in [1.807, 2.05) is 6.92 Å². The van der Waals surface area contributed by atoms with Crippen molar-refractivity contribution in [2.75, 3.05) is 0 Å². The predicted molar refractivity (Wildman–Crippen MR) is 39.1 cm³/mol. The van der Waals surface area contributed by atoms with Crippen LogP contribution in [0.2, 0.25) is 0 Å². The second-order valence-electron chi connectivity index (χ2n) is 3.32.